The van der Waals surface area contributed by atoms with Gasteiger partial charge in [-0.25, -0.2) is 0 Å². The van der Waals surface area contributed by atoms with Crippen LogP contribution >= 0.6 is 0 Å². The Labute approximate surface area is 273 Å². The summed E-state index contributed by atoms with van der Waals surface area (Å²) in [5, 5.41) is 26.6. The molecule has 14 nitrogen and oxygen atoms in total. The van der Waals surface area contributed by atoms with Crippen molar-refractivity contribution in [1.82, 2.24) is 20.9 Å². The first kappa shape index (κ1) is 36.5. The number of carboxylic acid groups (broad SMARTS) is 1. The van der Waals surface area contributed by atoms with Crippen LogP contribution in [0.1, 0.15) is 50.7 Å². The number of phenolic OH excluding ortho intramolecular Hbond substituents is 1. The quantitative estimate of drug-likeness (QED) is 0.129. The summed E-state index contributed by atoms with van der Waals surface area (Å²) in [6, 6.07) is 9.01. The number of likely N-dealkylation sites (tertiary alicyclic amines) is 1. The molecule has 2 aromatic carbocycles. The van der Waals surface area contributed by atoms with Crippen LogP contribution < -0.4 is 27.4 Å². The number of nitrogens with zero attached hydrogens (tertiary/aromatic N) is 1. The van der Waals surface area contributed by atoms with Gasteiger partial charge >= 0.3 is 5.97 Å². The van der Waals surface area contributed by atoms with E-state index in [4.69, 9.17) is 11.5 Å². The van der Waals surface area contributed by atoms with Crippen LogP contribution in [0.25, 0.3) is 0 Å². The summed E-state index contributed by atoms with van der Waals surface area (Å²) in [7, 11) is 0. The second-order valence-electron chi connectivity index (χ2n) is 12.2. The lowest BCUT2D eigenvalue weighted by molar-refractivity contribution is -0.141. The predicted octanol–water partition coefficient (Wildman–Crippen LogP) is -0.0438. The van der Waals surface area contributed by atoms with Gasteiger partial charge in [0, 0.05) is 19.4 Å². The molecule has 0 bridgehead atoms. The van der Waals surface area contributed by atoms with Gasteiger partial charge in [0.2, 0.25) is 29.5 Å². The Morgan fingerprint density at radius 1 is 0.851 bits per heavy atom. The van der Waals surface area contributed by atoms with Crippen molar-refractivity contribution in [3.05, 3.63) is 65.7 Å². The highest BCUT2D eigenvalue weighted by molar-refractivity contribution is 5.96. The van der Waals surface area contributed by atoms with Gasteiger partial charge in [-0.15, -0.1) is 0 Å². The number of benzene rings is 2. The van der Waals surface area contributed by atoms with E-state index < -0.39 is 66.2 Å². The molecule has 254 valence electrons. The minimum absolute atomic E-state index is 0.00148. The molecule has 0 aromatic heterocycles. The average molecular weight is 653 g/mol. The molecule has 0 unspecified atom stereocenters. The molecule has 1 heterocycles. The lowest BCUT2D eigenvalue weighted by Gasteiger charge is -2.29. The van der Waals surface area contributed by atoms with Crippen LogP contribution in [-0.2, 0) is 41.6 Å². The Morgan fingerprint density at radius 3 is 1.96 bits per heavy atom. The summed E-state index contributed by atoms with van der Waals surface area (Å²) in [6.07, 6.45) is 0.567. The first-order valence-corrected chi connectivity index (χ1v) is 15.5. The molecule has 2 aromatic rings. The second-order valence-corrected chi connectivity index (χ2v) is 12.2. The molecule has 47 heavy (non-hydrogen) atoms. The third-order valence-corrected chi connectivity index (χ3v) is 7.84. The third kappa shape index (κ3) is 11.1. The van der Waals surface area contributed by atoms with Gasteiger partial charge < -0.3 is 42.5 Å². The van der Waals surface area contributed by atoms with E-state index in [-0.39, 0.29) is 30.4 Å². The largest absolute Gasteiger partial charge is 0.508 e. The molecule has 9 N–H and O–H groups in total. The van der Waals surface area contributed by atoms with Crippen molar-refractivity contribution < 1.29 is 39.0 Å². The van der Waals surface area contributed by atoms with Crippen LogP contribution in [0.3, 0.4) is 0 Å². The SMILES string of the molecule is CC(C)C[C@H](N)C(=O)N1CCC[C@H]1C(=O)N[C@@H](Cc1ccc(O)cc1)C(=O)N[C@@H](Cc1ccccc1)C(=O)N[C@@H](CC(=O)O)C(N)=O. The van der Waals surface area contributed by atoms with Crippen molar-refractivity contribution in [2.75, 3.05) is 6.54 Å². The molecule has 3 rings (SSSR count). The monoisotopic (exact) mass is 652 g/mol. The summed E-state index contributed by atoms with van der Waals surface area (Å²) in [5.74, 6) is -4.76. The molecule has 0 aliphatic carbocycles. The molecule has 14 heteroatoms. The van der Waals surface area contributed by atoms with Gasteiger partial charge in [0.25, 0.3) is 0 Å². The number of aromatic hydroxyl groups is 1. The first-order chi connectivity index (χ1) is 22.2. The van der Waals surface area contributed by atoms with Crippen molar-refractivity contribution in [1.29, 1.82) is 0 Å². The number of primary amides is 1. The highest BCUT2D eigenvalue weighted by Crippen LogP contribution is 2.21. The Kier molecular flexibility index (Phi) is 13.3. The predicted molar refractivity (Wildman–Crippen MR) is 171 cm³/mol. The van der Waals surface area contributed by atoms with E-state index in [2.05, 4.69) is 16.0 Å². The highest BCUT2D eigenvalue weighted by Gasteiger charge is 2.38. The zero-order valence-electron chi connectivity index (χ0n) is 26.6. The van der Waals surface area contributed by atoms with Crippen LogP contribution in [0.2, 0.25) is 0 Å². The summed E-state index contributed by atoms with van der Waals surface area (Å²) >= 11 is 0. The lowest BCUT2D eigenvalue weighted by Crippen LogP contribution is -2.59. The number of amides is 5. The molecule has 0 saturated carbocycles. The van der Waals surface area contributed by atoms with Gasteiger partial charge in [-0.3, -0.25) is 28.8 Å². The minimum atomic E-state index is -1.53. The number of carbonyl (C=O) groups excluding carboxylic acids is 5. The van der Waals surface area contributed by atoms with Gasteiger partial charge in [0.1, 0.15) is 29.9 Å². The van der Waals surface area contributed by atoms with E-state index in [1.807, 2.05) is 13.8 Å². The fraction of sp³-hybridized carbons (Fsp3) is 0.455. The number of carboxylic acids is 1. The molecule has 1 aliphatic rings. The fourth-order valence-corrected chi connectivity index (χ4v) is 5.47. The number of rotatable bonds is 16. The molecule has 1 fully saturated rings. The normalized spacial score (nSPS) is 16.9. The fourth-order valence-electron chi connectivity index (χ4n) is 5.47. The van der Waals surface area contributed by atoms with Crippen LogP contribution in [0.5, 0.6) is 5.75 Å². The maximum atomic E-state index is 13.9. The number of hydrogen-bond donors (Lipinski definition) is 7. The Hall–Kier alpha value is -4.98. The Balaban J connectivity index is 1.87. The number of nitrogens with two attached hydrogens (primary N) is 2. The molecular weight excluding hydrogens is 608 g/mol. The molecule has 1 saturated heterocycles. The molecule has 1 aliphatic heterocycles. The molecule has 5 amide bonds. The summed E-state index contributed by atoms with van der Waals surface area (Å²) < 4.78 is 0. The number of nitrogens with one attached hydrogen (secondary N) is 3. The van der Waals surface area contributed by atoms with E-state index in [1.165, 1.54) is 17.0 Å². The maximum Gasteiger partial charge on any atom is 0.305 e. The van der Waals surface area contributed by atoms with Gasteiger partial charge in [-0.2, -0.15) is 0 Å². The van der Waals surface area contributed by atoms with Crippen molar-refractivity contribution in [3.8, 4) is 5.75 Å². The van der Waals surface area contributed by atoms with Crippen molar-refractivity contribution >= 4 is 35.5 Å². The van der Waals surface area contributed by atoms with E-state index in [1.54, 1.807) is 42.5 Å². The number of aliphatic carboxylic acids is 1. The summed E-state index contributed by atoms with van der Waals surface area (Å²) in [6.45, 7) is 4.23. The highest BCUT2D eigenvalue weighted by atomic mass is 16.4. The average Bonchev–Trinajstić information content (AvgIpc) is 3.51. The second kappa shape index (κ2) is 17.1. The molecule has 5 atom stereocenters. The van der Waals surface area contributed by atoms with Gasteiger partial charge in [0.05, 0.1) is 12.5 Å². The van der Waals surface area contributed by atoms with E-state index in [0.717, 1.165) is 0 Å². The van der Waals surface area contributed by atoms with Crippen LogP contribution in [0.15, 0.2) is 54.6 Å². The Morgan fingerprint density at radius 2 is 1.40 bits per heavy atom. The van der Waals surface area contributed by atoms with Gasteiger partial charge in [-0.1, -0.05) is 56.3 Å². The topological polar surface area (TPSA) is 234 Å². The zero-order chi connectivity index (χ0) is 34.7. The molecular formula is C33H44N6O8. The van der Waals surface area contributed by atoms with Crippen molar-refractivity contribution in [3.63, 3.8) is 0 Å². The first-order valence-electron chi connectivity index (χ1n) is 15.5. The van der Waals surface area contributed by atoms with Crippen molar-refractivity contribution in [2.45, 2.75) is 82.6 Å². The van der Waals surface area contributed by atoms with Gasteiger partial charge in [-0.05, 0) is 48.4 Å². The maximum absolute atomic E-state index is 13.9. The van der Waals surface area contributed by atoms with Crippen LogP contribution in [-0.4, -0.2) is 87.4 Å². The van der Waals surface area contributed by atoms with Gasteiger partial charge in [0.15, 0.2) is 0 Å². The minimum Gasteiger partial charge on any atom is -0.508 e. The standard InChI is InChI=1S/C33H44N6O8/c1-19(2)15-23(34)33(47)39-14-6-9-27(39)32(46)38-26(17-21-10-12-22(40)13-11-21)31(45)37-25(16-20-7-4-3-5-8-20)30(44)36-24(29(35)43)18-28(41)42/h3-5,7-8,10-13,19,23-27,40H,6,9,14-18,34H2,1-2H3,(H2,35,43)(H,36,44)(H,37,45)(H,38,46)(H,41,42)/t23-,24-,25-,26-,27-/m0/s1. The summed E-state index contributed by atoms with van der Waals surface area (Å²) in [5.41, 5.74) is 12.7. The van der Waals surface area contributed by atoms with E-state index in [0.29, 0.717) is 36.9 Å². The van der Waals surface area contributed by atoms with E-state index >= 15 is 0 Å². The third-order valence-electron chi connectivity index (χ3n) is 7.84. The molecule has 0 spiro atoms. The number of hydrogen-bond acceptors (Lipinski definition) is 8. The smallest absolute Gasteiger partial charge is 0.305 e. The van der Waals surface area contributed by atoms with E-state index in [9.17, 15) is 39.0 Å². The Bertz CT molecular complexity index is 1420. The van der Waals surface area contributed by atoms with Crippen LogP contribution in [0, 0.1) is 5.92 Å². The summed E-state index contributed by atoms with van der Waals surface area (Å²) in [4.78, 5) is 78.6. The van der Waals surface area contributed by atoms with Crippen LogP contribution in [0.4, 0.5) is 0 Å². The number of carbonyl (C=O) groups is 6. The number of phenols is 1. The lowest BCUT2D eigenvalue weighted by atomic mass is 10.0. The zero-order valence-corrected chi connectivity index (χ0v) is 26.6. The molecule has 0 radical (unpaired) electrons. The van der Waals surface area contributed by atoms with Crippen molar-refractivity contribution in [2.24, 2.45) is 17.4 Å².